The Morgan fingerprint density at radius 1 is 1.14 bits per heavy atom. The molecule has 6 nitrogen and oxygen atoms in total. The molecule has 0 bridgehead atoms. The number of allylic oxidation sites excluding steroid dienone is 1. The minimum atomic E-state index is -1.46. The van der Waals surface area contributed by atoms with Crippen LogP contribution in [-0.2, 0) is 30.2 Å². The highest BCUT2D eigenvalue weighted by atomic mass is 79.9. The molecule has 1 aromatic heterocycles. The average Bonchev–Trinajstić information content (AvgIpc) is 3.06. The lowest BCUT2D eigenvalue weighted by Crippen LogP contribution is -2.43. The van der Waals surface area contributed by atoms with Crippen molar-refractivity contribution in [2.24, 2.45) is 5.41 Å². The van der Waals surface area contributed by atoms with Crippen molar-refractivity contribution in [3.63, 3.8) is 0 Å². The Morgan fingerprint density at radius 2 is 1.82 bits per heavy atom. The number of fused-ring (bicyclic) bond motifs is 1. The number of rotatable bonds is 10. The number of aromatic amines is 1. The molecule has 0 aliphatic heterocycles. The normalized spacial score (nSPS) is 11.9. The third kappa shape index (κ3) is 5.02. The summed E-state index contributed by atoms with van der Waals surface area (Å²) in [6.45, 7) is 4.19. The molecule has 1 aromatic carbocycles. The molecule has 0 saturated heterocycles. The van der Waals surface area contributed by atoms with E-state index in [2.05, 4.69) is 20.9 Å². The molecule has 0 radical (unpaired) electrons. The first-order chi connectivity index (χ1) is 13.5. The summed E-state index contributed by atoms with van der Waals surface area (Å²) in [4.78, 5) is 29.1. The molecule has 0 aliphatic rings. The van der Waals surface area contributed by atoms with Gasteiger partial charge in [0.05, 0.1) is 19.8 Å². The van der Waals surface area contributed by atoms with Gasteiger partial charge in [0.15, 0.2) is 5.41 Å². The van der Waals surface area contributed by atoms with Gasteiger partial charge in [-0.1, -0.05) is 28.1 Å². The van der Waals surface area contributed by atoms with Gasteiger partial charge in [0.1, 0.15) is 0 Å². The fourth-order valence-electron chi connectivity index (χ4n) is 3.08. The van der Waals surface area contributed by atoms with Crippen LogP contribution in [0.15, 0.2) is 41.0 Å². The number of carbonyl (C=O) groups excluding carboxylic acids is 2. The average molecular weight is 452 g/mol. The molecule has 0 aliphatic carbocycles. The van der Waals surface area contributed by atoms with Crippen LogP contribution in [0.5, 0.6) is 0 Å². The van der Waals surface area contributed by atoms with Crippen molar-refractivity contribution in [1.82, 2.24) is 4.98 Å². The molecule has 2 aromatic rings. The van der Waals surface area contributed by atoms with Crippen molar-refractivity contribution in [3.8, 4) is 0 Å². The number of hydrogen-bond acceptors (Lipinski definition) is 5. The Hall–Kier alpha value is -2.12. The van der Waals surface area contributed by atoms with E-state index in [9.17, 15) is 9.59 Å². The van der Waals surface area contributed by atoms with Crippen LogP contribution < -0.4 is 0 Å². The maximum absolute atomic E-state index is 13.0. The quantitative estimate of drug-likeness (QED) is 0.333. The lowest BCUT2D eigenvalue weighted by molar-refractivity contribution is -0.171. The second kappa shape index (κ2) is 10.4. The fraction of sp³-hybridized carbons (Fsp3) is 0.429. The second-order valence-corrected chi connectivity index (χ2v) is 7.25. The number of ether oxygens (including phenoxy) is 3. The Labute approximate surface area is 173 Å². The summed E-state index contributed by atoms with van der Waals surface area (Å²) in [5.74, 6) is -1.17. The van der Waals surface area contributed by atoms with Gasteiger partial charge >= 0.3 is 11.9 Å². The van der Waals surface area contributed by atoms with E-state index in [-0.39, 0.29) is 26.1 Å². The molecule has 1 N–H and O–H groups in total. The predicted molar refractivity (Wildman–Crippen MR) is 111 cm³/mol. The predicted octanol–water partition coefficient (Wildman–Crippen LogP) is 4.18. The summed E-state index contributed by atoms with van der Waals surface area (Å²) >= 11 is 3.48. The second-order valence-electron chi connectivity index (χ2n) is 6.33. The highest BCUT2D eigenvalue weighted by molar-refractivity contribution is 9.10. The van der Waals surface area contributed by atoms with Crippen LogP contribution in [0.1, 0.15) is 25.8 Å². The standard InChI is InChI=1S/C21H26BrNO5/c1-4-27-19(24)21(20(25)28-5-2,10-6-7-11-26-3)13-15-14-23-18-9-8-16(22)12-17(15)18/h6-9,12,14,23H,4-5,10-11,13H2,1-3H3/b7-6-. The van der Waals surface area contributed by atoms with Gasteiger partial charge in [-0.3, -0.25) is 9.59 Å². The number of halogens is 1. The molecule has 0 saturated carbocycles. The lowest BCUT2D eigenvalue weighted by atomic mass is 9.78. The summed E-state index contributed by atoms with van der Waals surface area (Å²) in [7, 11) is 1.58. The Kier molecular flexibility index (Phi) is 8.26. The van der Waals surface area contributed by atoms with Crippen molar-refractivity contribution in [2.75, 3.05) is 26.9 Å². The molecule has 0 amide bonds. The molecule has 28 heavy (non-hydrogen) atoms. The van der Waals surface area contributed by atoms with Crippen molar-refractivity contribution in [1.29, 1.82) is 0 Å². The maximum Gasteiger partial charge on any atom is 0.324 e. The van der Waals surface area contributed by atoms with E-state index in [0.717, 1.165) is 20.9 Å². The van der Waals surface area contributed by atoms with E-state index in [1.165, 1.54) is 0 Å². The van der Waals surface area contributed by atoms with Crippen LogP contribution in [0.3, 0.4) is 0 Å². The van der Waals surface area contributed by atoms with Gasteiger partial charge in [-0.25, -0.2) is 0 Å². The highest BCUT2D eigenvalue weighted by Gasteiger charge is 2.48. The number of esters is 2. The number of H-pyrrole nitrogens is 1. The van der Waals surface area contributed by atoms with Crippen LogP contribution in [0, 0.1) is 5.41 Å². The Bertz CT molecular complexity index is 824. The van der Waals surface area contributed by atoms with E-state index in [4.69, 9.17) is 14.2 Å². The Balaban J connectivity index is 2.50. The first-order valence-electron chi connectivity index (χ1n) is 9.22. The largest absolute Gasteiger partial charge is 0.465 e. The SMILES string of the molecule is CCOC(=O)C(C/C=C\COC)(Cc1c[nH]c2ccc(Br)cc12)C(=O)OCC. The molecule has 7 heteroatoms. The summed E-state index contributed by atoms with van der Waals surface area (Å²) in [5, 5.41) is 0.938. The fourth-order valence-corrected chi connectivity index (χ4v) is 3.44. The van der Waals surface area contributed by atoms with E-state index in [1.807, 2.05) is 24.4 Å². The monoisotopic (exact) mass is 451 g/mol. The Morgan fingerprint density at radius 3 is 2.43 bits per heavy atom. The van der Waals surface area contributed by atoms with Gasteiger partial charge < -0.3 is 19.2 Å². The zero-order valence-electron chi connectivity index (χ0n) is 16.4. The smallest absolute Gasteiger partial charge is 0.324 e. The van der Waals surface area contributed by atoms with Crippen molar-refractivity contribution in [3.05, 3.63) is 46.6 Å². The topological polar surface area (TPSA) is 77.6 Å². The van der Waals surface area contributed by atoms with Gasteiger partial charge in [0, 0.05) is 35.1 Å². The van der Waals surface area contributed by atoms with Crippen LogP contribution in [0.2, 0.25) is 0 Å². The van der Waals surface area contributed by atoms with Gasteiger partial charge in [-0.15, -0.1) is 0 Å². The van der Waals surface area contributed by atoms with Crippen LogP contribution >= 0.6 is 15.9 Å². The summed E-state index contributed by atoms with van der Waals surface area (Å²) in [6.07, 6.45) is 5.69. The first kappa shape index (κ1) is 22.2. The van der Waals surface area contributed by atoms with Crippen molar-refractivity contribution < 1.29 is 23.8 Å². The lowest BCUT2D eigenvalue weighted by Gasteiger charge is -2.28. The third-order valence-electron chi connectivity index (χ3n) is 4.45. The molecular weight excluding hydrogens is 426 g/mol. The van der Waals surface area contributed by atoms with E-state index in [0.29, 0.717) is 6.61 Å². The molecule has 0 unspecified atom stereocenters. The number of nitrogens with one attached hydrogen (secondary N) is 1. The first-order valence-corrected chi connectivity index (χ1v) is 10.0. The minimum absolute atomic E-state index is 0.161. The van der Waals surface area contributed by atoms with Gasteiger partial charge in [0.2, 0.25) is 0 Å². The summed E-state index contributed by atoms with van der Waals surface area (Å²) in [6, 6.07) is 5.83. The van der Waals surface area contributed by atoms with Gasteiger partial charge in [0.25, 0.3) is 0 Å². The summed E-state index contributed by atoms with van der Waals surface area (Å²) in [5.41, 5.74) is 0.306. The van der Waals surface area contributed by atoms with Crippen molar-refractivity contribution >= 4 is 38.8 Å². The maximum atomic E-state index is 13.0. The zero-order valence-corrected chi connectivity index (χ0v) is 18.0. The summed E-state index contributed by atoms with van der Waals surface area (Å²) < 4.78 is 16.5. The zero-order chi connectivity index (χ0) is 20.6. The number of aromatic nitrogens is 1. The van der Waals surface area contributed by atoms with Crippen LogP contribution in [0.25, 0.3) is 10.9 Å². The van der Waals surface area contributed by atoms with Crippen LogP contribution in [0.4, 0.5) is 0 Å². The van der Waals surface area contributed by atoms with Crippen molar-refractivity contribution in [2.45, 2.75) is 26.7 Å². The molecule has 2 rings (SSSR count). The van der Waals surface area contributed by atoms with E-state index < -0.39 is 17.4 Å². The number of methoxy groups -OCH3 is 1. The molecule has 152 valence electrons. The van der Waals surface area contributed by atoms with Gasteiger partial charge in [-0.2, -0.15) is 0 Å². The minimum Gasteiger partial charge on any atom is -0.465 e. The molecule has 0 spiro atoms. The highest BCUT2D eigenvalue weighted by Crippen LogP contribution is 2.35. The molecular formula is C21H26BrNO5. The third-order valence-corrected chi connectivity index (χ3v) is 4.94. The molecule has 1 heterocycles. The number of hydrogen-bond donors (Lipinski definition) is 1. The molecule has 0 atom stereocenters. The van der Waals surface area contributed by atoms with Gasteiger partial charge in [-0.05, 0) is 44.0 Å². The van der Waals surface area contributed by atoms with E-state index >= 15 is 0 Å². The van der Waals surface area contributed by atoms with E-state index in [1.54, 1.807) is 33.1 Å². The number of benzene rings is 1. The molecule has 0 fully saturated rings. The van der Waals surface area contributed by atoms with Crippen LogP contribution in [-0.4, -0.2) is 43.9 Å². The number of carbonyl (C=O) groups is 2.